The molecule has 10 nitrogen and oxygen atoms in total. The normalized spacial score (nSPS) is 10.6. The summed E-state index contributed by atoms with van der Waals surface area (Å²) in [5.41, 5.74) is 1.54. The molecule has 0 aliphatic heterocycles. The lowest BCUT2D eigenvalue weighted by Gasteiger charge is -2.14. The Morgan fingerprint density at radius 2 is 1.58 bits per heavy atom. The van der Waals surface area contributed by atoms with E-state index in [-0.39, 0.29) is 23.7 Å². The molecule has 3 aromatic carbocycles. The molecule has 0 fully saturated rings. The fraction of sp³-hybridized carbons (Fsp3) is 0.160. The summed E-state index contributed by atoms with van der Waals surface area (Å²) >= 11 is 0. The smallest absolute Gasteiger partial charge is 0.255 e. The first kappa shape index (κ1) is 24.3. The number of nitrogens with one attached hydrogen (secondary N) is 1. The Balaban J connectivity index is 1.56. The second-order valence-corrected chi connectivity index (χ2v) is 7.49. The molecule has 0 atom stereocenters. The second kappa shape index (κ2) is 10.6. The monoisotopic (exact) mass is 491 g/mol. The molecule has 1 aromatic heterocycles. The Morgan fingerprint density at radius 3 is 2.22 bits per heavy atom. The highest BCUT2D eigenvalue weighted by atomic mass is 19.1. The van der Waals surface area contributed by atoms with Crippen LogP contribution in [-0.2, 0) is 6.54 Å². The maximum absolute atomic E-state index is 13.1. The summed E-state index contributed by atoms with van der Waals surface area (Å²) < 4.78 is 29.1. The zero-order valence-electron chi connectivity index (χ0n) is 19.7. The van der Waals surface area contributed by atoms with E-state index in [4.69, 9.17) is 14.2 Å². The van der Waals surface area contributed by atoms with Gasteiger partial charge in [0.15, 0.2) is 17.3 Å². The number of amides is 1. The Kier molecular flexibility index (Phi) is 7.19. The number of ether oxygens (including phenoxy) is 3. The minimum Gasteiger partial charge on any atom is -0.493 e. The largest absolute Gasteiger partial charge is 0.493 e. The third-order valence-electron chi connectivity index (χ3n) is 5.25. The molecule has 11 heteroatoms. The molecule has 1 heterocycles. The summed E-state index contributed by atoms with van der Waals surface area (Å²) in [6.07, 6.45) is 0. The molecular weight excluding hydrogens is 469 g/mol. The predicted octanol–water partition coefficient (Wildman–Crippen LogP) is 3.64. The first-order valence-electron chi connectivity index (χ1n) is 10.7. The Hall–Kier alpha value is -4.80. The lowest BCUT2D eigenvalue weighted by molar-refractivity contribution is 0.0960. The number of carbonyl (C=O) groups is 2. The van der Waals surface area contributed by atoms with Gasteiger partial charge in [-0.1, -0.05) is 12.1 Å². The number of benzene rings is 3. The summed E-state index contributed by atoms with van der Waals surface area (Å²) in [6.45, 7) is -0.182. The molecule has 0 aliphatic carbocycles. The van der Waals surface area contributed by atoms with E-state index in [0.717, 1.165) is 4.80 Å². The van der Waals surface area contributed by atoms with E-state index in [9.17, 15) is 14.0 Å². The standard InChI is InChI=1S/C25H22FN5O5/c1-34-21-12-16(13-22(35-2)23(21)36-3)25(33)27-19-7-5-4-6-18(19)24-28-30-31(29-24)14-20(32)15-8-10-17(26)11-9-15/h4-13H,14H2,1-3H3,(H,27,33). The van der Waals surface area contributed by atoms with Crippen molar-refractivity contribution >= 4 is 17.4 Å². The molecule has 184 valence electrons. The van der Waals surface area contributed by atoms with Crippen molar-refractivity contribution in [2.45, 2.75) is 6.54 Å². The number of Topliss-reactive ketones (excluding diaryl/α,β-unsaturated/α-hetero) is 1. The third-order valence-corrected chi connectivity index (χ3v) is 5.25. The Morgan fingerprint density at radius 1 is 0.917 bits per heavy atom. The number of ketones is 1. The van der Waals surface area contributed by atoms with Crippen molar-refractivity contribution in [2.75, 3.05) is 26.6 Å². The zero-order chi connectivity index (χ0) is 25.7. The number of hydrogen-bond donors (Lipinski definition) is 1. The van der Waals surface area contributed by atoms with Gasteiger partial charge < -0.3 is 19.5 Å². The quantitative estimate of drug-likeness (QED) is 0.353. The van der Waals surface area contributed by atoms with E-state index in [0.29, 0.717) is 34.1 Å². The molecule has 0 bridgehead atoms. The van der Waals surface area contributed by atoms with Gasteiger partial charge in [-0.25, -0.2) is 4.39 Å². The predicted molar refractivity (Wildman–Crippen MR) is 128 cm³/mol. The molecule has 0 spiro atoms. The summed E-state index contributed by atoms with van der Waals surface area (Å²) in [7, 11) is 4.40. The lowest BCUT2D eigenvalue weighted by Crippen LogP contribution is -2.14. The summed E-state index contributed by atoms with van der Waals surface area (Å²) in [5, 5.41) is 15.1. The van der Waals surface area contributed by atoms with Crippen molar-refractivity contribution in [3.63, 3.8) is 0 Å². The van der Waals surface area contributed by atoms with Crippen LogP contribution in [0, 0.1) is 5.82 Å². The van der Waals surface area contributed by atoms with Gasteiger partial charge in [-0.2, -0.15) is 4.80 Å². The average molecular weight is 491 g/mol. The highest BCUT2D eigenvalue weighted by Gasteiger charge is 2.19. The van der Waals surface area contributed by atoms with Gasteiger partial charge in [-0.05, 0) is 53.7 Å². The first-order valence-corrected chi connectivity index (χ1v) is 10.7. The Labute approximate surface area is 205 Å². The van der Waals surface area contributed by atoms with Crippen LogP contribution in [0.2, 0.25) is 0 Å². The van der Waals surface area contributed by atoms with Crippen molar-refractivity contribution in [3.05, 3.63) is 77.6 Å². The van der Waals surface area contributed by atoms with Gasteiger partial charge in [-0.3, -0.25) is 9.59 Å². The molecule has 0 saturated heterocycles. The molecule has 1 N–H and O–H groups in total. The maximum Gasteiger partial charge on any atom is 0.255 e. The molecule has 0 unspecified atom stereocenters. The molecule has 4 aromatic rings. The van der Waals surface area contributed by atoms with E-state index in [2.05, 4.69) is 20.7 Å². The summed E-state index contributed by atoms with van der Waals surface area (Å²) in [4.78, 5) is 26.7. The van der Waals surface area contributed by atoms with Crippen LogP contribution in [0.5, 0.6) is 17.2 Å². The van der Waals surface area contributed by atoms with Gasteiger partial charge in [0, 0.05) is 16.7 Å². The van der Waals surface area contributed by atoms with Crippen LogP contribution in [-0.4, -0.2) is 53.2 Å². The fourth-order valence-electron chi connectivity index (χ4n) is 3.47. The number of hydrogen-bond acceptors (Lipinski definition) is 8. The third kappa shape index (κ3) is 5.14. The van der Waals surface area contributed by atoms with Gasteiger partial charge in [0.25, 0.3) is 5.91 Å². The van der Waals surface area contributed by atoms with Crippen LogP contribution in [0.4, 0.5) is 10.1 Å². The van der Waals surface area contributed by atoms with Gasteiger partial charge in [-0.15, -0.1) is 10.2 Å². The number of para-hydroxylation sites is 1. The molecule has 0 radical (unpaired) electrons. The number of methoxy groups -OCH3 is 3. The van der Waals surface area contributed by atoms with E-state index in [1.165, 1.54) is 57.7 Å². The van der Waals surface area contributed by atoms with Crippen molar-refractivity contribution in [3.8, 4) is 28.6 Å². The van der Waals surface area contributed by atoms with E-state index in [1.54, 1.807) is 24.3 Å². The number of tetrazole rings is 1. The molecule has 36 heavy (non-hydrogen) atoms. The molecule has 1 amide bonds. The lowest BCUT2D eigenvalue weighted by atomic mass is 10.1. The van der Waals surface area contributed by atoms with Crippen molar-refractivity contribution in [1.82, 2.24) is 20.2 Å². The maximum atomic E-state index is 13.1. The SMILES string of the molecule is COc1cc(C(=O)Nc2ccccc2-c2nnn(CC(=O)c3ccc(F)cc3)n2)cc(OC)c1OC. The molecule has 4 rings (SSSR count). The topological polar surface area (TPSA) is 117 Å². The zero-order valence-corrected chi connectivity index (χ0v) is 19.7. The van der Waals surface area contributed by atoms with Crippen LogP contribution in [0.25, 0.3) is 11.4 Å². The molecule has 0 aliphatic rings. The molecule has 0 saturated carbocycles. The van der Waals surface area contributed by atoms with E-state index >= 15 is 0 Å². The summed E-state index contributed by atoms with van der Waals surface area (Å²) in [6, 6.07) is 15.2. The second-order valence-electron chi connectivity index (χ2n) is 7.49. The minimum atomic E-state index is -0.433. The van der Waals surface area contributed by atoms with Crippen molar-refractivity contribution in [2.24, 2.45) is 0 Å². The number of carbonyl (C=O) groups excluding carboxylic acids is 2. The minimum absolute atomic E-state index is 0.182. The Bertz CT molecular complexity index is 1380. The number of rotatable bonds is 9. The highest BCUT2D eigenvalue weighted by Crippen LogP contribution is 2.38. The van der Waals surface area contributed by atoms with E-state index in [1.807, 2.05) is 0 Å². The summed E-state index contributed by atoms with van der Waals surface area (Å²) in [5.74, 6) is 0.0912. The van der Waals surface area contributed by atoms with Gasteiger partial charge in [0.2, 0.25) is 11.6 Å². The fourth-order valence-corrected chi connectivity index (χ4v) is 3.47. The number of anilines is 1. The number of nitrogens with zero attached hydrogens (tertiary/aromatic N) is 4. The van der Waals surface area contributed by atoms with Crippen molar-refractivity contribution in [1.29, 1.82) is 0 Å². The number of halogens is 1. The van der Waals surface area contributed by atoms with Crippen LogP contribution in [0.15, 0.2) is 60.7 Å². The van der Waals surface area contributed by atoms with Crippen LogP contribution in [0.3, 0.4) is 0 Å². The molecular formula is C25H22FN5O5. The van der Waals surface area contributed by atoms with Gasteiger partial charge >= 0.3 is 0 Å². The highest BCUT2D eigenvalue weighted by molar-refractivity contribution is 6.06. The number of aromatic nitrogens is 4. The first-order chi connectivity index (χ1) is 17.4. The van der Waals surface area contributed by atoms with Crippen LogP contribution in [0.1, 0.15) is 20.7 Å². The van der Waals surface area contributed by atoms with Crippen LogP contribution < -0.4 is 19.5 Å². The van der Waals surface area contributed by atoms with Gasteiger partial charge in [0.1, 0.15) is 12.4 Å². The van der Waals surface area contributed by atoms with E-state index < -0.39 is 11.7 Å². The average Bonchev–Trinajstić information content (AvgIpc) is 3.36. The van der Waals surface area contributed by atoms with Crippen LogP contribution >= 0.6 is 0 Å². The van der Waals surface area contributed by atoms with Gasteiger partial charge in [0.05, 0.1) is 27.0 Å². The van der Waals surface area contributed by atoms with Crippen molar-refractivity contribution < 1.29 is 28.2 Å².